The predicted molar refractivity (Wildman–Crippen MR) is 272 cm³/mol. The van der Waals surface area contributed by atoms with E-state index in [0.29, 0.717) is 0 Å². The second kappa shape index (κ2) is 15.3. The number of fused-ring (bicyclic) bond motifs is 7. The highest BCUT2D eigenvalue weighted by Gasteiger charge is 2.60. The summed E-state index contributed by atoms with van der Waals surface area (Å²) in [5.41, 5.74) is 18.4. The van der Waals surface area contributed by atoms with Gasteiger partial charge < -0.3 is 9.80 Å². The van der Waals surface area contributed by atoms with Gasteiger partial charge in [-0.15, -0.1) is 0 Å². The Morgan fingerprint density at radius 2 is 0.934 bits per heavy atom. The average molecular weight is 829 g/mol. The van der Waals surface area contributed by atoms with Crippen molar-refractivity contribution in [2.24, 2.45) is 0 Å². The van der Waals surface area contributed by atoms with Gasteiger partial charge in [-0.05, 0) is 142 Å². The molecule has 9 rings (SSSR count). The number of nitrogens with zero attached hydrogens (tertiary/aromatic N) is 2. The molecule has 8 aromatic rings. The van der Waals surface area contributed by atoms with Crippen LogP contribution in [0.2, 0.25) is 39.3 Å². The predicted octanol–water partition coefficient (Wildman–Crippen LogP) is 16.7. The van der Waals surface area contributed by atoms with Crippen molar-refractivity contribution >= 4 is 71.8 Å². The Labute approximate surface area is 366 Å². The molecule has 0 aliphatic heterocycles. The van der Waals surface area contributed by atoms with E-state index in [9.17, 15) is 0 Å². The lowest BCUT2D eigenvalue weighted by Crippen LogP contribution is -2.63. The molecule has 0 N–H and O–H groups in total. The molecule has 1 aliphatic carbocycles. The van der Waals surface area contributed by atoms with Crippen LogP contribution in [-0.2, 0) is 17.5 Å². The summed E-state index contributed by atoms with van der Waals surface area (Å²) in [5.74, 6) is 0. The summed E-state index contributed by atoms with van der Waals surface area (Å²) in [4.78, 5) is 5.00. The molecule has 1 aliphatic rings. The largest absolute Gasteiger partial charge is 0.310 e. The number of aryl methyl sites for hydroxylation is 4. The normalized spacial score (nSPS) is 13.3. The van der Waals surface area contributed by atoms with Gasteiger partial charge >= 0.3 is 0 Å². The van der Waals surface area contributed by atoms with Crippen LogP contribution < -0.4 is 9.80 Å². The van der Waals surface area contributed by atoms with E-state index in [1.54, 1.807) is 5.56 Å². The van der Waals surface area contributed by atoms with Gasteiger partial charge in [-0.2, -0.15) is 0 Å². The summed E-state index contributed by atoms with van der Waals surface area (Å²) in [7, 11) is -4.16. The Bertz CT molecular complexity index is 2920. The van der Waals surface area contributed by atoms with Gasteiger partial charge in [-0.3, -0.25) is 0 Å². The van der Waals surface area contributed by atoms with Gasteiger partial charge in [-0.25, -0.2) is 0 Å². The molecule has 0 bridgehead atoms. The van der Waals surface area contributed by atoms with Gasteiger partial charge in [0.15, 0.2) is 0 Å². The van der Waals surface area contributed by atoms with Gasteiger partial charge in [0.05, 0.1) is 21.8 Å². The third-order valence-corrected chi connectivity index (χ3v) is 23.8. The minimum atomic E-state index is -2.08. The van der Waals surface area contributed by atoms with Gasteiger partial charge in [-0.1, -0.05) is 156 Å². The molecule has 61 heavy (non-hydrogen) atoms. The van der Waals surface area contributed by atoms with E-state index in [0.717, 1.165) is 12.8 Å². The molecule has 0 atom stereocenters. The van der Waals surface area contributed by atoms with Crippen LogP contribution >= 0.6 is 0 Å². The highest BCUT2D eigenvalue weighted by molar-refractivity contribution is 7.00. The molecule has 0 aromatic heterocycles. The second-order valence-electron chi connectivity index (χ2n) is 19.3. The molecular formula is C57H60N2Si2. The molecule has 0 heterocycles. The molecule has 0 unspecified atom stereocenters. The Morgan fingerprint density at radius 1 is 0.443 bits per heavy atom. The first kappa shape index (κ1) is 40.7. The highest BCUT2D eigenvalue weighted by atomic mass is 28.4. The van der Waals surface area contributed by atoms with Crippen LogP contribution in [-0.4, -0.2) is 16.1 Å². The topological polar surface area (TPSA) is 6.48 Å². The smallest absolute Gasteiger partial charge is 0.0579 e. The van der Waals surface area contributed by atoms with Crippen LogP contribution in [0.1, 0.15) is 47.2 Å². The first-order chi connectivity index (χ1) is 29.3. The highest BCUT2D eigenvalue weighted by Crippen LogP contribution is 2.62. The number of benzene rings is 8. The van der Waals surface area contributed by atoms with Gasteiger partial charge in [0.25, 0.3) is 0 Å². The van der Waals surface area contributed by atoms with Crippen molar-refractivity contribution in [3.8, 4) is 11.1 Å². The fourth-order valence-corrected chi connectivity index (χ4v) is 24.3. The van der Waals surface area contributed by atoms with E-state index in [-0.39, 0.29) is 4.66 Å². The third-order valence-electron chi connectivity index (χ3n) is 13.7. The minimum Gasteiger partial charge on any atom is -0.310 e. The Morgan fingerprint density at radius 3 is 1.48 bits per heavy atom. The molecule has 8 aromatic carbocycles. The summed E-state index contributed by atoms with van der Waals surface area (Å²) in [6.07, 6.45) is 2.04. The summed E-state index contributed by atoms with van der Waals surface area (Å²) in [6, 6.07) is 60.3. The van der Waals surface area contributed by atoms with Crippen LogP contribution in [0, 0.1) is 13.8 Å². The SMILES string of the molecule is CCc1ccc(N(c2ccc3c4c(ccc3c2)-c2c(cc(N(c3ccc(CC)cc3)c3ccccc3C)c3ccccc23)C4([Si](C)(C)C)[Si](C)(C)C)c2ccccc2C)cc1. The molecule has 4 heteroatoms. The van der Waals surface area contributed by atoms with E-state index >= 15 is 0 Å². The summed E-state index contributed by atoms with van der Waals surface area (Å²) < 4.78 is -0.0837. The first-order valence-corrected chi connectivity index (χ1v) is 29.3. The van der Waals surface area contributed by atoms with Gasteiger partial charge in [0.2, 0.25) is 0 Å². The monoisotopic (exact) mass is 828 g/mol. The molecule has 306 valence electrons. The van der Waals surface area contributed by atoms with E-state index in [1.165, 1.54) is 94.6 Å². The van der Waals surface area contributed by atoms with Crippen molar-refractivity contribution in [1.82, 2.24) is 0 Å². The molecule has 0 saturated heterocycles. The Kier molecular flexibility index (Phi) is 10.2. The van der Waals surface area contributed by atoms with Crippen LogP contribution in [0.3, 0.4) is 0 Å². The van der Waals surface area contributed by atoms with E-state index in [4.69, 9.17) is 0 Å². The zero-order chi connectivity index (χ0) is 42.8. The first-order valence-electron chi connectivity index (χ1n) is 22.3. The summed E-state index contributed by atoms with van der Waals surface area (Å²) in [5, 5.41) is 5.33. The average Bonchev–Trinajstić information content (AvgIpc) is 3.58. The number of hydrogen-bond donors (Lipinski definition) is 0. The number of para-hydroxylation sites is 2. The van der Waals surface area contributed by atoms with Crippen molar-refractivity contribution in [2.75, 3.05) is 9.80 Å². The van der Waals surface area contributed by atoms with Crippen LogP contribution in [0.15, 0.2) is 158 Å². The number of hydrogen-bond acceptors (Lipinski definition) is 2. The van der Waals surface area contributed by atoms with Crippen molar-refractivity contribution in [3.63, 3.8) is 0 Å². The maximum absolute atomic E-state index is 2.66. The lowest BCUT2D eigenvalue weighted by molar-refractivity contribution is 0.962. The molecule has 0 amide bonds. The molecule has 0 fully saturated rings. The maximum atomic E-state index is 2.66. The summed E-state index contributed by atoms with van der Waals surface area (Å²) in [6.45, 7) is 24.8. The third kappa shape index (κ3) is 6.49. The lowest BCUT2D eigenvalue weighted by atomic mass is 9.94. The quantitative estimate of drug-likeness (QED) is 0.127. The number of anilines is 6. The minimum absolute atomic E-state index is 0.0837. The molecule has 0 saturated carbocycles. The molecular weight excluding hydrogens is 769 g/mol. The van der Waals surface area contributed by atoms with Crippen molar-refractivity contribution < 1.29 is 0 Å². The van der Waals surface area contributed by atoms with Crippen molar-refractivity contribution in [3.05, 3.63) is 191 Å². The fraction of sp³-hybridized carbons (Fsp3) is 0.228. The summed E-state index contributed by atoms with van der Waals surface area (Å²) >= 11 is 0. The van der Waals surface area contributed by atoms with Crippen LogP contribution in [0.4, 0.5) is 34.1 Å². The second-order valence-corrected chi connectivity index (χ2v) is 30.3. The van der Waals surface area contributed by atoms with E-state index < -0.39 is 16.1 Å². The van der Waals surface area contributed by atoms with E-state index in [1.807, 2.05) is 0 Å². The van der Waals surface area contributed by atoms with Gasteiger partial charge in [0.1, 0.15) is 0 Å². The molecule has 2 nitrogen and oxygen atoms in total. The Hall–Kier alpha value is -5.69. The van der Waals surface area contributed by atoms with Crippen LogP contribution in [0.25, 0.3) is 32.7 Å². The van der Waals surface area contributed by atoms with Crippen molar-refractivity contribution in [1.29, 1.82) is 0 Å². The molecule has 0 radical (unpaired) electrons. The number of rotatable bonds is 10. The standard InChI is InChI=1S/C57H60N2Si2/c1-11-41-25-30-44(31-26-41)58(52-23-17-13-19-39(52)3)46-34-36-47-43(37-46)29-35-50-55-49-22-16-15-21-48(49)54(38-51(55)57(56(47)50,60(5,6)7)61(8,9)10)59(53-24-18-14-20-40(53)4)45-32-27-42(12-2)28-33-45/h13-38H,11-12H2,1-10H3. The maximum Gasteiger partial charge on any atom is 0.0579 e. The Balaban J connectivity index is 1.34. The van der Waals surface area contributed by atoms with Crippen molar-refractivity contribution in [2.45, 2.75) is 84.5 Å². The van der Waals surface area contributed by atoms with Crippen LogP contribution in [0.5, 0.6) is 0 Å². The van der Waals surface area contributed by atoms with E-state index in [2.05, 4.69) is 235 Å². The zero-order valence-corrected chi connectivity index (χ0v) is 39.8. The lowest BCUT2D eigenvalue weighted by Gasteiger charge is -2.52. The molecule has 0 spiro atoms. The zero-order valence-electron chi connectivity index (χ0n) is 37.8. The fourth-order valence-electron chi connectivity index (χ4n) is 11.2. The van der Waals surface area contributed by atoms with Gasteiger partial charge in [0, 0.05) is 38.5 Å².